The number of hydrogen-bond donors (Lipinski definition) is 1. The van der Waals surface area contributed by atoms with Crippen LogP contribution in [0.2, 0.25) is 0 Å². The molecule has 0 spiro atoms. The van der Waals surface area contributed by atoms with E-state index in [1.165, 1.54) is 4.88 Å². The maximum absolute atomic E-state index is 12.7. The van der Waals surface area contributed by atoms with Gasteiger partial charge in [-0.1, -0.05) is 13.0 Å². The number of urea groups is 1. The zero-order valence-corrected chi connectivity index (χ0v) is 14.7. The molecule has 6 heteroatoms. The van der Waals surface area contributed by atoms with E-state index in [0.717, 1.165) is 25.8 Å². The summed E-state index contributed by atoms with van der Waals surface area (Å²) in [4.78, 5) is 15.8. The van der Waals surface area contributed by atoms with E-state index in [2.05, 4.69) is 23.7 Å². The molecule has 2 atom stereocenters. The topological polar surface area (TPSA) is 50.8 Å². The Bertz CT molecular complexity index is 514. The van der Waals surface area contributed by atoms with Gasteiger partial charge in [0.1, 0.15) is 0 Å². The Kier molecular flexibility index (Phi) is 5.24. The molecule has 0 radical (unpaired) electrons. The monoisotopic (exact) mass is 338 g/mol. The second-order valence-corrected chi connectivity index (χ2v) is 7.40. The number of nitrogens with one attached hydrogen (secondary N) is 1. The summed E-state index contributed by atoms with van der Waals surface area (Å²) in [6.07, 6.45) is 2.94. The number of ether oxygens (including phenoxy) is 2. The minimum atomic E-state index is -0.531. The molecule has 3 heterocycles. The molecule has 2 amide bonds. The number of rotatable bonds is 4. The molecular formula is C17H26N2O3S. The first-order chi connectivity index (χ1) is 11.1. The Balaban J connectivity index is 1.60. The molecule has 0 aromatic carbocycles. The zero-order valence-electron chi connectivity index (χ0n) is 13.9. The Morgan fingerprint density at radius 2 is 2.30 bits per heavy atom. The molecule has 3 rings (SSSR count). The summed E-state index contributed by atoms with van der Waals surface area (Å²) >= 11 is 1.69. The van der Waals surface area contributed by atoms with Crippen LogP contribution in [0.1, 0.15) is 44.0 Å². The van der Waals surface area contributed by atoms with E-state index < -0.39 is 5.79 Å². The molecule has 5 nitrogen and oxygen atoms in total. The van der Waals surface area contributed by atoms with Gasteiger partial charge in [-0.15, -0.1) is 11.3 Å². The van der Waals surface area contributed by atoms with Gasteiger partial charge in [0, 0.05) is 23.9 Å². The van der Waals surface area contributed by atoms with Gasteiger partial charge in [-0.3, -0.25) is 0 Å². The van der Waals surface area contributed by atoms with Crippen LogP contribution in [0.5, 0.6) is 0 Å². The molecule has 2 aliphatic rings. The lowest BCUT2D eigenvalue weighted by atomic mass is 9.90. The van der Waals surface area contributed by atoms with Gasteiger partial charge in [-0.05, 0) is 37.6 Å². The Labute approximate surface area is 142 Å². The van der Waals surface area contributed by atoms with Gasteiger partial charge in [0.2, 0.25) is 0 Å². The van der Waals surface area contributed by atoms with Crippen LogP contribution < -0.4 is 5.32 Å². The number of piperidine rings is 1. The van der Waals surface area contributed by atoms with Gasteiger partial charge in [0.05, 0.1) is 19.3 Å². The number of amides is 2. The predicted octanol–water partition coefficient (Wildman–Crippen LogP) is 3.38. The first-order valence-electron chi connectivity index (χ1n) is 8.49. The van der Waals surface area contributed by atoms with Gasteiger partial charge >= 0.3 is 6.03 Å². The average molecular weight is 338 g/mol. The van der Waals surface area contributed by atoms with E-state index in [0.29, 0.717) is 19.8 Å². The summed E-state index contributed by atoms with van der Waals surface area (Å²) in [5.41, 5.74) is 0. The zero-order chi connectivity index (χ0) is 16.3. The van der Waals surface area contributed by atoms with Crippen molar-refractivity contribution in [2.45, 2.75) is 44.9 Å². The summed E-state index contributed by atoms with van der Waals surface area (Å²) in [5, 5.41) is 5.23. The number of carbonyl (C=O) groups is 1. The van der Waals surface area contributed by atoms with Crippen molar-refractivity contribution in [1.82, 2.24) is 10.2 Å². The van der Waals surface area contributed by atoms with Crippen LogP contribution in [0.15, 0.2) is 17.5 Å². The molecule has 0 bridgehead atoms. The van der Waals surface area contributed by atoms with Crippen LogP contribution in [0, 0.1) is 5.92 Å². The van der Waals surface area contributed by atoms with Gasteiger partial charge in [-0.2, -0.15) is 0 Å². The SMILES string of the molecule is CC[C@@H](NC(=O)N1CCC[C@@H](C2(C)OCCO2)C1)c1cccs1. The normalized spacial score (nSPS) is 25.3. The lowest BCUT2D eigenvalue weighted by Gasteiger charge is -2.40. The highest BCUT2D eigenvalue weighted by atomic mass is 32.1. The molecule has 0 saturated carbocycles. The van der Waals surface area contributed by atoms with Gasteiger partial charge in [-0.25, -0.2) is 4.79 Å². The highest BCUT2D eigenvalue weighted by molar-refractivity contribution is 7.10. The number of likely N-dealkylation sites (tertiary alicyclic amines) is 1. The summed E-state index contributed by atoms with van der Waals surface area (Å²) in [6.45, 7) is 6.91. The quantitative estimate of drug-likeness (QED) is 0.915. The fraction of sp³-hybridized carbons (Fsp3) is 0.706. The van der Waals surface area contributed by atoms with Gasteiger partial charge < -0.3 is 19.7 Å². The van der Waals surface area contributed by atoms with Crippen molar-refractivity contribution in [3.63, 3.8) is 0 Å². The standard InChI is InChI=1S/C17H26N2O3S/c1-3-14(15-7-5-11-23-15)18-16(20)19-8-4-6-13(12-19)17(2)21-9-10-22-17/h5,7,11,13-14H,3-4,6,8-10,12H2,1-2H3,(H,18,20)/t13-,14-/m1/s1. The van der Waals surface area contributed by atoms with Crippen molar-refractivity contribution in [3.8, 4) is 0 Å². The molecule has 1 N–H and O–H groups in total. The summed E-state index contributed by atoms with van der Waals surface area (Å²) in [6, 6.07) is 4.23. The van der Waals surface area contributed by atoms with E-state index in [9.17, 15) is 4.79 Å². The van der Waals surface area contributed by atoms with E-state index in [1.54, 1.807) is 11.3 Å². The molecule has 0 unspecified atom stereocenters. The second kappa shape index (κ2) is 7.20. The first-order valence-corrected chi connectivity index (χ1v) is 9.37. The molecule has 128 valence electrons. The summed E-state index contributed by atoms with van der Waals surface area (Å²) < 4.78 is 11.6. The van der Waals surface area contributed by atoms with E-state index >= 15 is 0 Å². The minimum Gasteiger partial charge on any atom is -0.347 e. The molecule has 2 aliphatic heterocycles. The molecule has 2 saturated heterocycles. The molecule has 0 aliphatic carbocycles. The third-order valence-corrected chi connectivity index (χ3v) is 5.89. The molecule has 1 aromatic heterocycles. The van der Waals surface area contributed by atoms with E-state index in [-0.39, 0.29) is 18.0 Å². The van der Waals surface area contributed by atoms with Crippen LogP contribution in [-0.2, 0) is 9.47 Å². The number of carbonyl (C=O) groups excluding carboxylic acids is 1. The highest BCUT2D eigenvalue weighted by Gasteiger charge is 2.42. The van der Waals surface area contributed by atoms with Gasteiger partial charge in [0.25, 0.3) is 0 Å². The lowest BCUT2D eigenvalue weighted by Crippen LogP contribution is -2.51. The Hall–Kier alpha value is -1.11. The third kappa shape index (κ3) is 3.70. The lowest BCUT2D eigenvalue weighted by molar-refractivity contribution is -0.189. The maximum Gasteiger partial charge on any atom is 0.317 e. The van der Waals surface area contributed by atoms with Crippen molar-refractivity contribution in [2.24, 2.45) is 5.92 Å². The van der Waals surface area contributed by atoms with Crippen molar-refractivity contribution in [3.05, 3.63) is 22.4 Å². The average Bonchev–Trinajstić information content (AvgIpc) is 3.25. The molecule has 2 fully saturated rings. The fourth-order valence-electron chi connectivity index (χ4n) is 3.46. The first kappa shape index (κ1) is 16.7. The Morgan fingerprint density at radius 1 is 1.52 bits per heavy atom. The van der Waals surface area contributed by atoms with Crippen molar-refractivity contribution in [1.29, 1.82) is 0 Å². The van der Waals surface area contributed by atoms with E-state index in [4.69, 9.17) is 9.47 Å². The number of hydrogen-bond acceptors (Lipinski definition) is 4. The smallest absolute Gasteiger partial charge is 0.317 e. The molecular weight excluding hydrogens is 312 g/mol. The molecule has 23 heavy (non-hydrogen) atoms. The van der Waals surface area contributed by atoms with Crippen molar-refractivity contribution in [2.75, 3.05) is 26.3 Å². The summed E-state index contributed by atoms with van der Waals surface area (Å²) in [5.74, 6) is -0.289. The van der Waals surface area contributed by atoms with Crippen molar-refractivity contribution < 1.29 is 14.3 Å². The van der Waals surface area contributed by atoms with Crippen LogP contribution >= 0.6 is 11.3 Å². The van der Waals surface area contributed by atoms with E-state index in [1.807, 2.05) is 17.9 Å². The number of thiophene rings is 1. The second-order valence-electron chi connectivity index (χ2n) is 6.42. The van der Waals surface area contributed by atoms with Crippen LogP contribution in [-0.4, -0.2) is 43.0 Å². The minimum absolute atomic E-state index is 0.0246. The maximum atomic E-state index is 12.7. The van der Waals surface area contributed by atoms with Gasteiger partial charge in [0.15, 0.2) is 5.79 Å². The number of nitrogens with zero attached hydrogens (tertiary/aromatic N) is 1. The third-order valence-electron chi connectivity index (χ3n) is 4.90. The Morgan fingerprint density at radius 3 is 2.96 bits per heavy atom. The fourth-order valence-corrected chi connectivity index (χ4v) is 4.32. The predicted molar refractivity (Wildman–Crippen MR) is 90.5 cm³/mol. The largest absolute Gasteiger partial charge is 0.347 e. The van der Waals surface area contributed by atoms with Crippen LogP contribution in [0.4, 0.5) is 4.79 Å². The van der Waals surface area contributed by atoms with Crippen LogP contribution in [0.3, 0.4) is 0 Å². The van der Waals surface area contributed by atoms with Crippen molar-refractivity contribution >= 4 is 17.4 Å². The summed E-state index contributed by atoms with van der Waals surface area (Å²) in [7, 11) is 0. The highest BCUT2D eigenvalue weighted by Crippen LogP contribution is 2.34. The van der Waals surface area contributed by atoms with Crippen LogP contribution in [0.25, 0.3) is 0 Å². The molecule has 1 aromatic rings.